The molecular formula is C55H33NS2. The van der Waals surface area contributed by atoms with Gasteiger partial charge in [-0.15, -0.1) is 11.3 Å². The lowest BCUT2D eigenvalue weighted by Crippen LogP contribution is -2.31. The molecule has 270 valence electrons. The van der Waals surface area contributed by atoms with Crippen LogP contribution >= 0.6 is 23.1 Å². The molecule has 0 saturated carbocycles. The average Bonchev–Trinajstić information content (AvgIpc) is 3.93. The van der Waals surface area contributed by atoms with Gasteiger partial charge in [-0.2, -0.15) is 0 Å². The summed E-state index contributed by atoms with van der Waals surface area (Å²) in [6.45, 7) is 0. The number of hydrogen-bond acceptors (Lipinski definition) is 2. The van der Waals surface area contributed by atoms with E-state index in [4.69, 9.17) is 0 Å². The molecule has 0 N–H and O–H groups in total. The molecular weight excluding hydrogens is 739 g/mol. The van der Waals surface area contributed by atoms with E-state index in [1.807, 2.05) is 23.1 Å². The van der Waals surface area contributed by atoms with Crippen LogP contribution in [-0.4, -0.2) is 4.57 Å². The van der Waals surface area contributed by atoms with Gasteiger partial charge in [-0.25, -0.2) is 0 Å². The van der Waals surface area contributed by atoms with Crippen LogP contribution in [0.25, 0.3) is 81.0 Å². The van der Waals surface area contributed by atoms with E-state index in [9.17, 15) is 0 Å². The summed E-state index contributed by atoms with van der Waals surface area (Å²) in [6, 6.07) is 74.8. The van der Waals surface area contributed by atoms with Crippen LogP contribution in [0.2, 0.25) is 0 Å². The Bertz CT molecular complexity index is 3450. The molecule has 0 amide bonds. The Balaban J connectivity index is 1.04. The van der Waals surface area contributed by atoms with Crippen LogP contribution < -0.4 is 0 Å². The normalized spacial score (nSPS) is 13.6. The summed E-state index contributed by atoms with van der Waals surface area (Å²) in [7, 11) is 0. The van der Waals surface area contributed by atoms with Crippen LogP contribution in [-0.2, 0) is 5.41 Å². The summed E-state index contributed by atoms with van der Waals surface area (Å²) in [4.78, 5) is 2.63. The molecule has 1 nitrogen and oxygen atoms in total. The zero-order chi connectivity index (χ0) is 38.0. The molecule has 58 heavy (non-hydrogen) atoms. The summed E-state index contributed by atoms with van der Waals surface area (Å²) in [6.07, 6.45) is 0. The molecule has 0 unspecified atom stereocenters. The van der Waals surface area contributed by atoms with E-state index in [1.54, 1.807) is 0 Å². The summed E-state index contributed by atoms with van der Waals surface area (Å²) < 4.78 is 5.16. The third-order valence-electron chi connectivity index (χ3n) is 12.7. The zero-order valence-electron chi connectivity index (χ0n) is 31.3. The number of aromatic nitrogens is 1. The molecule has 3 heteroatoms. The molecule has 11 aromatic rings. The van der Waals surface area contributed by atoms with E-state index in [0.717, 1.165) is 5.69 Å². The molecule has 0 atom stereocenters. The van der Waals surface area contributed by atoms with E-state index in [-0.39, 0.29) is 5.41 Å². The lowest BCUT2D eigenvalue weighted by molar-refractivity contribution is 0.722. The molecule has 0 radical (unpaired) electrons. The first-order valence-corrected chi connectivity index (χ1v) is 21.6. The topological polar surface area (TPSA) is 4.93 Å². The minimum atomic E-state index is -0.375. The Labute approximate surface area is 344 Å². The minimum Gasteiger partial charge on any atom is -0.309 e. The van der Waals surface area contributed by atoms with Crippen LogP contribution in [0.3, 0.4) is 0 Å². The molecule has 1 aliphatic heterocycles. The molecule has 9 aromatic carbocycles. The third-order valence-corrected chi connectivity index (χ3v) is 15.0. The number of fused-ring (bicyclic) bond motifs is 15. The number of rotatable bonds is 3. The largest absolute Gasteiger partial charge is 0.309 e. The molecule has 13 rings (SSSR count). The lowest BCUT2D eigenvalue weighted by Gasteiger charge is -2.39. The second-order valence-corrected chi connectivity index (χ2v) is 17.7. The van der Waals surface area contributed by atoms with Gasteiger partial charge in [0.2, 0.25) is 0 Å². The van der Waals surface area contributed by atoms with Gasteiger partial charge in [0.1, 0.15) is 0 Å². The Kier molecular flexibility index (Phi) is 6.81. The van der Waals surface area contributed by atoms with Crippen molar-refractivity contribution in [2.24, 2.45) is 0 Å². The highest BCUT2D eigenvalue weighted by molar-refractivity contribution is 7.99. The van der Waals surface area contributed by atoms with Crippen molar-refractivity contribution in [3.05, 3.63) is 222 Å². The summed E-state index contributed by atoms with van der Waals surface area (Å²) in [5.41, 5.74) is 16.3. The van der Waals surface area contributed by atoms with Crippen molar-refractivity contribution in [3.8, 4) is 39.1 Å². The Morgan fingerprint density at radius 3 is 1.81 bits per heavy atom. The first kappa shape index (κ1) is 32.4. The van der Waals surface area contributed by atoms with Gasteiger partial charge in [-0.1, -0.05) is 176 Å². The Morgan fingerprint density at radius 1 is 0.379 bits per heavy atom. The van der Waals surface area contributed by atoms with E-state index < -0.39 is 0 Å². The molecule has 0 saturated heterocycles. The van der Waals surface area contributed by atoms with Gasteiger partial charge in [-0.05, 0) is 80.9 Å². The fraction of sp³-hybridized carbons (Fsp3) is 0.0182. The maximum atomic E-state index is 2.50. The first-order chi connectivity index (χ1) is 28.8. The molecule has 2 aromatic heterocycles. The van der Waals surface area contributed by atoms with E-state index in [1.165, 1.54) is 107 Å². The Hall–Kier alpha value is -6.65. The highest BCUT2D eigenvalue weighted by atomic mass is 32.2. The third kappa shape index (κ3) is 4.32. The van der Waals surface area contributed by atoms with E-state index in [0.29, 0.717) is 0 Å². The minimum absolute atomic E-state index is 0.375. The first-order valence-electron chi connectivity index (χ1n) is 19.9. The van der Waals surface area contributed by atoms with Crippen molar-refractivity contribution in [3.63, 3.8) is 0 Å². The summed E-state index contributed by atoms with van der Waals surface area (Å²) in [5, 5.41) is 5.16. The zero-order valence-corrected chi connectivity index (χ0v) is 32.9. The number of hydrogen-bond donors (Lipinski definition) is 0. The number of para-hydroxylation sites is 2. The van der Waals surface area contributed by atoms with Crippen LogP contribution in [0.5, 0.6) is 0 Å². The van der Waals surface area contributed by atoms with Gasteiger partial charge >= 0.3 is 0 Å². The standard InChI is InChI=1S/C55H33NS2/c1-2-14-36(15-3-1)56-49-32-34(28-30-39(49)41-19-12-20-42(53(41)56)44-22-13-21-43-40-18-6-10-26-50(40)58-54(43)44)35-29-31-48-52(33-35)57-51-27-11-9-25-47(51)55(48)45-23-7-4-16-37(45)38-17-5-8-24-46(38)55/h1-33H. The summed E-state index contributed by atoms with van der Waals surface area (Å²) >= 11 is 3.80. The van der Waals surface area contributed by atoms with Crippen molar-refractivity contribution < 1.29 is 0 Å². The number of benzene rings is 9. The highest BCUT2D eigenvalue weighted by Crippen LogP contribution is 2.62. The van der Waals surface area contributed by atoms with Gasteiger partial charge < -0.3 is 4.57 Å². The second kappa shape index (κ2) is 12.2. The van der Waals surface area contributed by atoms with E-state index in [2.05, 4.69) is 205 Å². The monoisotopic (exact) mass is 771 g/mol. The highest BCUT2D eigenvalue weighted by Gasteiger charge is 2.50. The quantitative estimate of drug-likeness (QED) is 0.173. The number of thiophene rings is 1. The number of nitrogens with zero attached hydrogens (tertiary/aromatic N) is 1. The predicted molar refractivity (Wildman–Crippen MR) is 246 cm³/mol. The van der Waals surface area contributed by atoms with Gasteiger partial charge in [0.25, 0.3) is 0 Å². The van der Waals surface area contributed by atoms with Crippen molar-refractivity contribution in [1.82, 2.24) is 4.57 Å². The fourth-order valence-corrected chi connectivity index (χ4v) is 12.8. The molecule has 0 fully saturated rings. The van der Waals surface area contributed by atoms with E-state index >= 15 is 0 Å². The molecule has 0 bridgehead atoms. The maximum absolute atomic E-state index is 2.50. The SMILES string of the molecule is c1ccc(-n2c3cc(-c4ccc5c(c4)Sc4ccccc4C54c5ccccc5-c5ccccc54)ccc3c3cccc(-c4cccc5c4sc4ccccc45)c32)cc1. The molecule has 1 aliphatic carbocycles. The van der Waals surface area contributed by atoms with Crippen LogP contribution in [0.4, 0.5) is 0 Å². The Morgan fingerprint density at radius 2 is 0.983 bits per heavy atom. The smallest absolute Gasteiger partial charge is 0.0735 e. The van der Waals surface area contributed by atoms with Crippen LogP contribution in [0.15, 0.2) is 210 Å². The van der Waals surface area contributed by atoms with Crippen LogP contribution in [0.1, 0.15) is 22.3 Å². The van der Waals surface area contributed by atoms with Gasteiger partial charge in [0.15, 0.2) is 0 Å². The molecule has 1 spiro atoms. The lowest BCUT2D eigenvalue weighted by atomic mass is 9.67. The predicted octanol–water partition coefficient (Wildman–Crippen LogP) is 15.3. The summed E-state index contributed by atoms with van der Waals surface area (Å²) in [5.74, 6) is 0. The van der Waals surface area contributed by atoms with Gasteiger partial charge in [-0.3, -0.25) is 0 Å². The maximum Gasteiger partial charge on any atom is 0.0735 e. The fourth-order valence-electron chi connectivity index (χ4n) is 10.3. The van der Waals surface area contributed by atoms with Crippen LogP contribution in [0, 0.1) is 0 Å². The average molecular weight is 772 g/mol. The molecule has 2 aliphatic rings. The molecule has 3 heterocycles. The van der Waals surface area contributed by atoms with Gasteiger partial charge in [0.05, 0.1) is 16.4 Å². The van der Waals surface area contributed by atoms with Crippen molar-refractivity contribution in [1.29, 1.82) is 0 Å². The van der Waals surface area contributed by atoms with Crippen molar-refractivity contribution in [2.75, 3.05) is 0 Å². The second-order valence-electron chi connectivity index (χ2n) is 15.5. The van der Waals surface area contributed by atoms with Crippen molar-refractivity contribution >= 4 is 65.1 Å². The van der Waals surface area contributed by atoms with Crippen molar-refractivity contribution in [2.45, 2.75) is 15.2 Å². The van der Waals surface area contributed by atoms with Gasteiger partial charge in [0, 0.05) is 57.5 Å².